The molecule has 8 nitrogen and oxygen atoms in total. The highest BCUT2D eigenvalue weighted by molar-refractivity contribution is 6.14. The summed E-state index contributed by atoms with van der Waals surface area (Å²) in [5.41, 5.74) is 6.50. The van der Waals surface area contributed by atoms with Crippen molar-refractivity contribution in [1.29, 1.82) is 0 Å². The summed E-state index contributed by atoms with van der Waals surface area (Å²) in [7, 11) is 0. The van der Waals surface area contributed by atoms with Crippen LogP contribution in [0.15, 0.2) is 54.6 Å². The summed E-state index contributed by atoms with van der Waals surface area (Å²) in [4.78, 5) is 53.2. The lowest BCUT2D eigenvalue weighted by Crippen LogP contribution is -2.99. The van der Waals surface area contributed by atoms with Crippen LogP contribution in [0.25, 0.3) is 0 Å². The normalized spacial score (nSPS) is 28.7. The lowest BCUT2D eigenvalue weighted by atomic mass is 9.76. The van der Waals surface area contributed by atoms with Gasteiger partial charge < -0.3 is 16.4 Å². The number of anilines is 1. The molecular weight excluding hydrogens is 396 g/mol. The number of amides is 4. The minimum atomic E-state index is -1.27. The second kappa shape index (κ2) is 7.02. The van der Waals surface area contributed by atoms with Crippen LogP contribution in [0.3, 0.4) is 0 Å². The van der Waals surface area contributed by atoms with E-state index in [-0.39, 0.29) is 30.7 Å². The molecule has 2 saturated heterocycles. The highest BCUT2D eigenvalue weighted by Gasteiger charge is 2.74. The van der Waals surface area contributed by atoms with Gasteiger partial charge in [-0.2, -0.15) is 0 Å². The van der Waals surface area contributed by atoms with Crippen LogP contribution >= 0.6 is 0 Å². The second-order valence-corrected chi connectivity index (χ2v) is 8.44. The fourth-order valence-electron chi connectivity index (χ4n) is 5.51. The van der Waals surface area contributed by atoms with Gasteiger partial charge in [-0.15, -0.1) is 0 Å². The highest BCUT2D eigenvalue weighted by Crippen LogP contribution is 2.49. The summed E-state index contributed by atoms with van der Waals surface area (Å²) in [6, 6.07) is 16.2. The molecule has 0 unspecified atom stereocenters. The molecule has 8 heteroatoms. The van der Waals surface area contributed by atoms with Crippen LogP contribution in [0.2, 0.25) is 0 Å². The minimum absolute atomic E-state index is 0.0795. The number of nitrogens with one attached hydrogen (secondary N) is 1. The molecule has 0 aliphatic carbocycles. The van der Waals surface area contributed by atoms with Crippen molar-refractivity contribution < 1.29 is 24.5 Å². The van der Waals surface area contributed by atoms with E-state index in [0.29, 0.717) is 17.7 Å². The SMILES string of the molecule is NC(=O)C[C@@H]1[NH2+][C@@]2(C(=O)Nc3ccccc32)[C@H]2C(=O)N(CCc3ccccc3)C(=O)[C@H]12. The van der Waals surface area contributed by atoms with E-state index in [0.717, 1.165) is 5.56 Å². The van der Waals surface area contributed by atoms with Gasteiger partial charge in [-0.3, -0.25) is 24.1 Å². The van der Waals surface area contributed by atoms with Crippen molar-refractivity contribution in [3.8, 4) is 0 Å². The van der Waals surface area contributed by atoms with Crippen LogP contribution in [-0.2, 0) is 31.1 Å². The molecule has 5 N–H and O–H groups in total. The first kappa shape index (κ1) is 19.4. The molecule has 4 atom stereocenters. The molecule has 3 aliphatic heterocycles. The van der Waals surface area contributed by atoms with Crippen LogP contribution in [0.4, 0.5) is 5.69 Å². The minimum Gasteiger partial charge on any atom is -0.369 e. The summed E-state index contributed by atoms with van der Waals surface area (Å²) < 4.78 is 0. The molecule has 158 valence electrons. The van der Waals surface area contributed by atoms with Crippen molar-refractivity contribution in [2.45, 2.75) is 24.4 Å². The van der Waals surface area contributed by atoms with E-state index in [1.165, 1.54) is 4.90 Å². The van der Waals surface area contributed by atoms with Crippen LogP contribution < -0.4 is 16.4 Å². The number of fused-ring (bicyclic) bond motifs is 4. The number of carbonyl (C=O) groups excluding carboxylic acids is 4. The zero-order valence-corrected chi connectivity index (χ0v) is 16.8. The molecule has 1 spiro atoms. The van der Waals surface area contributed by atoms with Gasteiger partial charge in [0.2, 0.25) is 23.3 Å². The van der Waals surface area contributed by atoms with Gasteiger partial charge >= 0.3 is 0 Å². The number of para-hydroxylation sites is 1. The van der Waals surface area contributed by atoms with E-state index in [9.17, 15) is 19.2 Å². The third-order valence-electron chi connectivity index (χ3n) is 6.77. The number of imide groups is 1. The predicted octanol–water partition coefficient (Wildman–Crippen LogP) is -0.501. The van der Waals surface area contributed by atoms with E-state index >= 15 is 0 Å². The largest absolute Gasteiger partial charge is 0.369 e. The molecular formula is C23H23N4O4+. The monoisotopic (exact) mass is 419 g/mol. The van der Waals surface area contributed by atoms with E-state index in [1.54, 1.807) is 29.6 Å². The average molecular weight is 419 g/mol. The second-order valence-electron chi connectivity index (χ2n) is 8.44. The number of hydrogen-bond acceptors (Lipinski definition) is 4. The Morgan fingerprint density at radius 1 is 1.03 bits per heavy atom. The number of nitrogens with two attached hydrogens (primary N) is 2. The number of rotatable bonds is 5. The maximum atomic E-state index is 13.6. The Hall–Kier alpha value is -3.52. The predicted molar refractivity (Wildman–Crippen MR) is 110 cm³/mol. The van der Waals surface area contributed by atoms with E-state index in [1.807, 2.05) is 30.3 Å². The van der Waals surface area contributed by atoms with Gasteiger partial charge in [0.1, 0.15) is 17.9 Å². The van der Waals surface area contributed by atoms with Gasteiger partial charge in [0, 0.05) is 12.1 Å². The molecule has 5 rings (SSSR count). The lowest BCUT2D eigenvalue weighted by Gasteiger charge is -2.26. The molecule has 0 bridgehead atoms. The summed E-state index contributed by atoms with van der Waals surface area (Å²) in [6.45, 7) is 0.233. The Kier molecular flexibility index (Phi) is 4.40. The molecule has 0 radical (unpaired) electrons. The van der Waals surface area contributed by atoms with Gasteiger partial charge in [0.25, 0.3) is 5.91 Å². The smallest absolute Gasteiger partial charge is 0.291 e. The highest BCUT2D eigenvalue weighted by atomic mass is 16.2. The number of hydrogen-bond donors (Lipinski definition) is 3. The summed E-state index contributed by atoms with van der Waals surface area (Å²) in [6.07, 6.45) is 0.446. The van der Waals surface area contributed by atoms with Crippen LogP contribution in [0, 0.1) is 11.8 Å². The molecule has 3 heterocycles. The van der Waals surface area contributed by atoms with Crippen molar-refractivity contribution in [2.24, 2.45) is 17.6 Å². The topological polar surface area (TPSA) is 126 Å². The Morgan fingerprint density at radius 3 is 2.48 bits per heavy atom. The molecule has 2 aromatic rings. The van der Waals surface area contributed by atoms with Gasteiger partial charge in [-0.1, -0.05) is 48.5 Å². The zero-order valence-electron chi connectivity index (χ0n) is 16.8. The first-order valence-electron chi connectivity index (χ1n) is 10.4. The number of carbonyl (C=O) groups is 4. The van der Waals surface area contributed by atoms with Crippen molar-refractivity contribution in [1.82, 2.24) is 4.90 Å². The zero-order chi connectivity index (χ0) is 21.8. The summed E-state index contributed by atoms with van der Waals surface area (Å²) in [5.74, 6) is -3.23. The summed E-state index contributed by atoms with van der Waals surface area (Å²) in [5, 5.41) is 4.58. The van der Waals surface area contributed by atoms with Crippen molar-refractivity contribution >= 4 is 29.3 Å². The van der Waals surface area contributed by atoms with Gasteiger partial charge in [-0.25, -0.2) is 0 Å². The standard InChI is InChI=1S/C23H22N4O4/c24-17(28)12-16-18-19(23(26-16)14-8-4-5-9-15(14)25-22(23)31)21(30)27(20(18)29)11-10-13-6-2-1-3-7-13/h1-9,16,18-19,26H,10-12H2,(H2,24,28)(H,25,31)/p+1/t16-,18+,19+,23+/m0/s1. The van der Waals surface area contributed by atoms with E-state index < -0.39 is 29.3 Å². The molecule has 4 amide bonds. The Bertz CT molecular complexity index is 1100. The fourth-order valence-corrected chi connectivity index (χ4v) is 5.51. The molecule has 2 fully saturated rings. The summed E-state index contributed by atoms with van der Waals surface area (Å²) >= 11 is 0. The quantitative estimate of drug-likeness (QED) is 0.565. The van der Waals surface area contributed by atoms with Crippen LogP contribution in [-0.4, -0.2) is 41.1 Å². The first-order valence-corrected chi connectivity index (χ1v) is 10.4. The van der Waals surface area contributed by atoms with Crippen LogP contribution in [0.1, 0.15) is 17.5 Å². The van der Waals surface area contributed by atoms with E-state index in [4.69, 9.17) is 5.73 Å². The number of likely N-dealkylation sites (tertiary alicyclic amines) is 1. The Morgan fingerprint density at radius 2 is 1.74 bits per heavy atom. The molecule has 0 saturated carbocycles. The third-order valence-corrected chi connectivity index (χ3v) is 6.77. The van der Waals surface area contributed by atoms with Crippen LogP contribution in [0.5, 0.6) is 0 Å². The number of nitrogens with zero attached hydrogens (tertiary/aromatic N) is 1. The van der Waals surface area contributed by atoms with E-state index in [2.05, 4.69) is 5.32 Å². The maximum Gasteiger partial charge on any atom is 0.291 e. The molecule has 2 aromatic carbocycles. The first-order chi connectivity index (χ1) is 14.9. The number of primary amides is 1. The lowest BCUT2D eigenvalue weighted by molar-refractivity contribution is -0.732. The Labute approximate surface area is 178 Å². The molecule has 0 aromatic heterocycles. The van der Waals surface area contributed by atoms with Gasteiger partial charge in [0.15, 0.2) is 0 Å². The average Bonchev–Trinajstić information content (AvgIpc) is 3.32. The fraction of sp³-hybridized carbons (Fsp3) is 0.304. The third kappa shape index (κ3) is 2.79. The van der Waals surface area contributed by atoms with Gasteiger partial charge in [0.05, 0.1) is 12.1 Å². The van der Waals surface area contributed by atoms with Gasteiger partial charge in [-0.05, 0) is 18.1 Å². The number of benzene rings is 2. The van der Waals surface area contributed by atoms with Crippen molar-refractivity contribution in [3.63, 3.8) is 0 Å². The van der Waals surface area contributed by atoms with Crippen molar-refractivity contribution in [2.75, 3.05) is 11.9 Å². The molecule has 31 heavy (non-hydrogen) atoms. The van der Waals surface area contributed by atoms with Crippen molar-refractivity contribution in [3.05, 3.63) is 65.7 Å². The Balaban J connectivity index is 1.53. The maximum absolute atomic E-state index is 13.6. The molecule has 3 aliphatic rings. The number of quaternary nitrogens is 1.